The molecule has 5 nitrogen and oxygen atoms in total. The minimum atomic E-state index is -0.877. The van der Waals surface area contributed by atoms with Gasteiger partial charge in [0.15, 0.2) is 0 Å². The number of ether oxygens (including phenoxy) is 1. The molecule has 1 aliphatic rings. The predicted molar refractivity (Wildman–Crippen MR) is 54.8 cm³/mol. The highest BCUT2D eigenvalue weighted by molar-refractivity contribution is 5.65. The van der Waals surface area contributed by atoms with Crippen molar-refractivity contribution in [2.75, 3.05) is 26.8 Å². The number of methoxy groups -OCH3 is 1. The van der Waals surface area contributed by atoms with Crippen molar-refractivity contribution < 1.29 is 19.7 Å². The molecule has 0 radical (unpaired) electrons. The molecule has 0 saturated carbocycles. The maximum Gasteiger partial charge on any atom is 0.407 e. The standard InChI is InChI=1S/C10H19NO4/c1-10(8(12)7-15-2)3-5-11(6-4-10)9(13)14/h8,12H,3-7H2,1-2H3,(H,13,14). The van der Waals surface area contributed by atoms with Crippen LogP contribution in [0.4, 0.5) is 4.79 Å². The summed E-state index contributed by atoms with van der Waals surface area (Å²) in [6.07, 6.45) is -0.0232. The molecule has 1 saturated heterocycles. The van der Waals surface area contributed by atoms with Gasteiger partial charge in [-0.05, 0) is 18.3 Å². The summed E-state index contributed by atoms with van der Waals surface area (Å²) in [5, 5.41) is 18.7. The first-order valence-electron chi connectivity index (χ1n) is 5.14. The van der Waals surface area contributed by atoms with E-state index in [9.17, 15) is 9.90 Å². The molecule has 0 aliphatic carbocycles. The Balaban J connectivity index is 2.50. The first kappa shape index (κ1) is 12.3. The van der Waals surface area contributed by atoms with E-state index in [0.29, 0.717) is 32.5 Å². The number of carboxylic acid groups (broad SMARTS) is 1. The second kappa shape index (κ2) is 4.81. The van der Waals surface area contributed by atoms with Crippen molar-refractivity contribution in [3.63, 3.8) is 0 Å². The maximum absolute atomic E-state index is 10.7. The van der Waals surface area contributed by atoms with E-state index < -0.39 is 12.2 Å². The average Bonchev–Trinajstić information content (AvgIpc) is 2.18. The molecule has 1 atom stereocenters. The highest BCUT2D eigenvalue weighted by atomic mass is 16.5. The van der Waals surface area contributed by atoms with Gasteiger partial charge < -0.3 is 19.8 Å². The van der Waals surface area contributed by atoms with Crippen LogP contribution in [0.2, 0.25) is 0 Å². The largest absolute Gasteiger partial charge is 0.465 e. The van der Waals surface area contributed by atoms with Crippen LogP contribution in [-0.2, 0) is 4.74 Å². The van der Waals surface area contributed by atoms with Crippen molar-refractivity contribution >= 4 is 6.09 Å². The van der Waals surface area contributed by atoms with Crippen LogP contribution in [0.25, 0.3) is 0 Å². The Morgan fingerprint density at radius 2 is 2.07 bits per heavy atom. The molecular weight excluding hydrogens is 198 g/mol. The van der Waals surface area contributed by atoms with E-state index in [2.05, 4.69) is 0 Å². The monoisotopic (exact) mass is 217 g/mol. The van der Waals surface area contributed by atoms with Gasteiger partial charge in [-0.15, -0.1) is 0 Å². The van der Waals surface area contributed by atoms with Crippen molar-refractivity contribution in [2.45, 2.75) is 25.9 Å². The van der Waals surface area contributed by atoms with Gasteiger partial charge in [-0.3, -0.25) is 0 Å². The van der Waals surface area contributed by atoms with E-state index in [1.165, 1.54) is 4.90 Å². The molecule has 1 amide bonds. The fourth-order valence-corrected chi connectivity index (χ4v) is 1.90. The lowest BCUT2D eigenvalue weighted by Crippen LogP contribution is -2.47. The number of aliphatic hydroxyl groups is 1. The van der Waals surface area contributed by atoms with E-state index in [1.54, 1.807) is 7.11 Å². The molecule has 0 aromatic heterocycles. The van der Waals surface area contributed by atoms with Gasteiger partial charge in [0.05, 0.1) is 12.7 Å². The first-order chi connectivity index (χ1) is 6.99. The van der Waals surface area contributed by atoms with Gasteiger partial charge in [-0.2, -0.15) is 0 Å². The normalized spacial score (nSPS) is 22.5. The van der Waals surface area contributed by atoms with Crippen LogP contribution in [-0.4, -0.2) is 54.1 Å². The molecule has 1 unspecified atom stereocenters. The Morgan fingerprint density at radius 1 is 1.53 bits per heavy atom. The molecule has 0 bridgehead atoms. The van der Waals surface area contributed by atoms with Gasteiger partial charge in [0.25, 0.3) is 0 Å². The van der Waals surface area contributed by atoms with E-state index >= 15 is 0 Å². The molecule has 88 valence electrons. The summed E-state index contributed by atoms with van der Waals surface area (Å²) in [4.78, 5) is 12.1. The summed E-state index contributed by atoms with van der Waals surface area (Å²) in [6, 6.07) is 0. The SMILES string of the molecule is COCC(O)C1(C)CCN(C(=O)O)CC1. The molecule has 0 spiro atoms. The van der Waals surface area contributed by atoms with Crippen molar-refractivity contribution in [3.05, 3.63) is 0 Å². The number of hydrogen-bond donors (Lipinski definition) is 2. The van der Waals surface area contributed by atoms with Crippen LogP contribution >= 0.6 is 0 Å². The Bertz CT molecular complexity index is 223. The smallest absolute Gasteiger partial charge is 0.407 e. The van der Waals surface area contributed by atoms with Gasteiger partial charge in [0.2, 0.25) is 0 Å². The van der Waals surface area contributed by atoms with Crippen molar-refractivity contribution in [3.8, 4) is 0 Å². The number of nitrogens with zero attached hydrogens (tertiary/aromatic N) is 1. The number of rotatable bonds is 3. The lowest BCUT2D eigenvalue weighted by atomic mass is 9.76. The molecule has 1 heterocycles. The lowest BCUT2D eigenvalue weighted by molar-refractivity contribution is -0.0478. The number of hydrogen-bond acceptors (Lipinski definition) is 3. The minimum absolute atomic E-state index is 0.220. The van der Waals surface area contributed by atoms with E-state index in [0.717, 1.165) is 0 Å². The minimum Gasteiger partial charge on any atom is -0.465 e. The molecule has 1 rings (SSSR count). The van der Waals surface area contributed by atoms with Gasteiger partial charge in [-0.1, -0.05) is 6.92 Å². The average molecular weight is 217 g/mol. The second-order valence-corrected chi connectivity index (χ2v) is 4.39. The third-order valence-electron chi connectivity index (χ3n) is 3.31. The first-order valence-corrected chi connectivity index (χ1v) is 5.14. The summed E-state index contributed by atoms with van der Waals surface area (Å²) < 4.78 is 4.92. The summed E-state index contributed by atoms with van der Waals surface area (Å²) in [5.41, 5.74) is -0.220. The Labute approximate surface area is 89.6 Å². The maximum atomic E-state index is 10.7. The molecule has 2 N–H and O–H groups in total. The Kier molecular flexibility index (Phi) is 3.93. The Hall–Kier alpha value is -0.810. The highest BCUT2D eigenvalue weighted by Gasteiger charge is 2.37. The van der Waals surface area contributed by atoms with Crippen LogP contribution in [0.15, 0.2) is 0 Å². The zero-order chi connectivity index (χ0) is 11.5. The van der Waals surface area contributed by atoms with Gasteiger partial charge in [-0.25, -0.2) is 4.79 Å². The van der Waals surface area contributed by atoms with Crippen LogP contribution < -0.4 is 0 Å². The molecule has 1 aliphatic heterocycles. The van der Waals surface area contributed by atoms with E-state index in [4.69, 9.17) is 9.84 Å². The topological polar surface area (TPSA) is 70.0 Å². The van der Waals surface area contributed by atoms with Crippen molar-refractivity contribution in [2.24, 2.45) is 5.41 Å². The van der Waals surface area contributed by atoms with Crippen LogP contribution in [0, 0.1) is 5.41 Å². The van der Waals surface area contributed by atoms with Gasteiger partial charge >= 0.3 is 6.09 Å². The summed E-state index contributed by atoms with van der Waals surface area (Å²) >= 11 is 0. The number of piperidine rings is 1. The van der Waals surface area contributed by atoms with Crippen molar-refractivity contribution in [1.29, 1.82) is 0 Å². The number of amides is 1. The predicted octanol–water partition coefficient (Wildman–Crippen LogP) is 0.774. The Morgan fingerprint density at radius 3 is 2.47 bits per heavy atom. The molecule has 15 heavy (non-hydrogen) atoms. The number of carbonyl (C=O) groups is 1. The fourth-order valence-electron chi connectivity index (χ4n) is 1.90. The highest BCUT2D eigenvalue weighted by Crippen LogP contribution is 2.34. The molecule has 5 heteroatoms. The summed E-state index contributed by atoms with van der Waals surface area (Å²) in [5.74, 6) is 0. The van der Waals surface area contributed by atoms with E-state index in [1.807, 2.05) is 6.92 Å². The number of likely N-dealkylation sites (tertiary alicyclic amines) is 1. The van der Waals surface area contributed by atoms with Gasteiger partial charge in [0.1, 0.15) is 0 Å². The number of aliphatic hydroxyl groups excluding tert-OH is 1. The second-order valence-electron chi connectivity index (χ2n) is 4.39. The molecule has 0 aromatic rings. The molecular formula is C10H19NO4. The quantitative estimate of drug-likeness (QED) is 0.732. The van der Waals surface area contributed by atoms with E-state index in [-0.39, 0.29) is 5.41 Å². The van der Waals surface area contributed by atoms with Gasteiger partial charge in [0, 0.05) is 20.2 Å². The van der Waals surface area contributed by atoms with Crippen LogP contribution in [0.3, 0.4) is 0 Å². The fraction of sp³-hybridized carbons (Fsp3) is 0.900. The summed E-state index contributed by atoms with van der Waals surface area (Å²) in [6.45, 7) is 3.28. The zero-order valence-electron chi connectivity index (χ0n) is 9.27. The molecule has 1 fully saturated rings. The summed E-state index contributed by atoms with van der Waals surface area (Å²) in [7, 11) is 1.55. The van der Waals surface area contributed by atoms with Crippen LogP contribution in [0.1, 0.15) is 19.8 Å². The van der Waals surface area contributed by atoms with Crippen molar-refractivity contribution in [1.82, 2.24) is 4.90 Å². The third-order valence-corrected chi connectivity index (χ3v) is 3.31. The molecule has 0 aromatic carbocycles. The zero-order valence-corrected chi connectivity index (χ0v) is 9.27. The third kappa shape index (κ3) is 2.82. The lowest BCUT2D eigenvalue weighted by Gasteiger charge is -2.41. The van der Waals surface area contributed by atoms with Crippen LogP contribution in [0.5, 0.6) is 0 Å².